The summed E-state index contributed by atoms with van der Waals surface area (Å²) < 4.78 is 37.7. The number of likely N-dealkylation sites (tertiary alicyclic amines) is 1. The topological polar surface area (TPSA) is 80.8 Å². The molecule has 2 saturated heterocycles. The maximum atomic E-state index is 12.6. The lowest BCUT2D eigenvalue weighted by Crippen LogP contribution is -2.67. The first-order chi connectivity index (χ1) is 18.3. The molecule has 0 bridgehead atoms. The number of hydrogen-bond donors (Lipinski definition) is 2. The molecule has 3 heterocycles. The van der Waals surface area contributed by atoms with Crippen molar-refractivity contribution in [3.05, 3.63) is 17.3 Å². The first-order valence-corrected chi connectivity index (χ1v) is 14.3. The molecule has 3 fully saturated rings. The number of carbonyl (C=O) groups is 2. The van der Waals surface area contributed by atoms with Gasteiger partial charge in [0.05, 0.1) is 23.5 Å². The van der Waals surface area contributed by atoms with Crippen LogP contribution in [0.3, 0.4) is 0 Å². The van der Waals surface area contributed by atoms with Crippen LogP contribution in [0.2, 0.25) is 5.02 Å². The molecule has 1 aromatic heterocycles. The van der Waals surface area contributed by atoms with Crippen molar-refractivity contribution in [2.45, 2.75) is 83.3 Å². The fraction of sp³-hybridized carbons (Fsp3) is 0.741. The molecular formula is C27H40ClF3N6O2. The Labute approximate surface area is 233 Å². The van der Waals surface area contributed by atoms with Gasteiger partial charge in [-0.05, 0) is 64.7 Å². The number of pyridine rings is 1. The molecular weight excluding hydrogens is 533 g/mol. The molecule has 0 aromatic carbocycles. The van der Waals surface area contributed by atoms with Crippen molar-refractivity contribution in [1.82, 2.24) is 20.1 Å². The van der Waals surface area contributed by atoms with Crippen LogP contribution in [0.5, 0.6) is 0 Å². The number of halogens is 4. The Morgan fingerprint density at radius 1 is 1.08 bits per heavy atom. The predicted octanol–water partition coefficient (Wildman–Crippen LogP) is 3.60. The van der Waals surface area contributed by atoms with E-state index in [0.717, 1.165) is 32.1 Å². The normalized spacial score (nSPS) is 27.8. The maximum Gasteiger partial charge on any atom is 0.401 e. The van der Waals surface area contributed by atoms with Crippen LogP contribution in [0.4, 0.5) is 24.7 Å². The molecule has 1 aliphatic carbocycles. The number of ketones is 2. The molecule has 218 valence electrons. The van der Waals surface area contributed by atoms with E-state index in [-0.39, 0.29) is 6.04 Å². The second kappa shape index (κ2) is 12.3. The molecule has 2 aliphatic heterocycles. The SMILES string of the molecule is CC(C)CCN1CCC(N2C[C@H](C)N(c3ncc(NC4C(=O)C(=O)C4NCC(F)(F)F)cc3Cl)C[C@H]2C)CC1. The highest BCUT2D eigenvalue weighted by molar-refractivity contribution is 6.49. The average molecular weight is 573 g/mol. The number of hydrogen-bond acceptors (Lipinski definition) is 8. The summed E-state index contributed by atoms with van der Waals surface area (Å²) in [5.74, 6) is -0.273. The Kier molecular flexibility index (Phi) is 9.45. The second-order valence-electron chi connectivity index (χ2n) is 11.7. The Balaban J connectivity index is 1.34. The highest BCUT2D eigenvalue weighted by Gasteiger charge is 2.50. The molecule has 1 aromatic rings. The smallest absolute Gasteiger partial charge is 0.372 e. The van der Waals surface area contributed by atoms with E-state index < -0.39 is 36.4 Å². The summed E-state index contributed by atoms with van der Waals surface area (Å²) in [4.78, 5) is 35.8. The maximum absolute atomic E-state index is 12.6. The molecule has 0 radical (unpaired) electrons. The number of aromatic nitrogens is 1. The van der Waals surface area contributed by atoms with Crippen LogP contribution in [0.15, 0.2) is 12.3 Å². The summed E-state index contributed by atoms with van der Waals surface area (Å²) in [5, 5.41) is 5.32. The van der Waals surface area contributed by atoms with E-state index in [9.17, 15) is 22.8 Å². The molecule has 1 saturated carbocycles. The summed E-state index contributed by atoms with van der Waals surface area (Å²) >= 11 is 6.62. The summed E-state index contributed by atoms with van der Waals surface area (Å²) in [6, 6.07) is 0.346. The number of piperazine rings is 1. The average Bonchev–Trinajstić information content (AvgIpc) is 2.87. The molecule has 4 rings (SSSR count). The van der Waals surface area contributed by atoms with Crippen LogP contribution in [0.1, 0.15) is 47.0 Å². The second-order valence-corrected chi connectivity index (χ2v) is 12.1. The van der Waals surface area contributed by atoms with E-state index in [2.05, 4.69) is 58.0 Å². The fourth-order valence-corrected chi connectivity index (χ4v) is 6.15. The highest BCUT2D eigenvalue weighted by atomic mass is 35.5. The van der Waals surface area contributed by atoms with E-state index in [4.69, 9.17) is 11.6 Å². The zero-order valence-corrected chi connectivity index (χ0v) is 23.9. The molecule has 0 amide bonds. The largest absolute Gasteiger partial charge is 0.401 e. The summed E-state index contributed by atoms with van der Waals surface area (Å²) in [6.45, 7) is 12.7. The van der Waals surface area contributed by atoms with Gasteiger partial charge in [0.15, 0.2) is 0 Å². The van der Waals surface area contributed by atoms with Crippen LogP contribution >= 0.6 is 11.6 Å². The zero-order chi connectivity index (χ0) is 28.5. The number of nitrogens with one attached hydrogen (secondary N) is 2. The van der Waals surface area contributed by atoms with Gasteiger partial charge in [-0.3, -0.25) is 19.8 Å². The Morgan fingerprint density at radius 2 is 1.74 bits per heavy atom. The van der Waals surface area contributed by atoms with Gasteiger partial charge >= 0.3 is 6.18 Å². The first kappa shape index (κ1) is 30.0. The third-order valence-electron chi connectivity index (χ3n) is 8.16. The van der Waals surface area contributed by atoms with Crippen LogP contribution in [-0.2, 0) is 9.59 Å². The Morgan fingerprint density at radius 3 is 2.36 bits per heavy atom. The number of nitrogens with zero attached hydrogens (tertiary/aromatic N) is 4. The minimum absolute atomic E-state index is 0.186. The predicted molar refractivity (Wildman–Crippen MR) is 146 cm³/mol. The molecule has 8 nitrogen and oxygen atoms in total. The zero-order valence-electron chi connectivity index (χ0n) is 23.1. The van der Waals surface area contributed by atoms with E-state index in [1.807, 2.05) is 0 Å². The Bertz CT molecular complexity index is 1030. The van der Waals surface area contributed by atoms with Gasteiger partial charge in [0.1, 0.15) is 17.9 Å². The number of anilines is 2. The van der Waals surface area contributed by atoms with Gasteiger partial charge in [0, 0.05) is 31.2 Å². The van der Waals surface area contributed by atoms with Crippen molar-refractivity contribution in [3.63, 3.8) is 0 Å². The van der Waals surface area contributed by atoms with E-state index in [0.29, 0.717) is 28.6 Å². The van der Waals surface area contributed by atoms with Gasteiger partial charge in [-0.1, -0.05) is 25.4 Å². The van der Waals surface area contributed by atoms with Crippen molar-refractivity contribution < 1.29 is 22.8 Å². The van der Waals surface area contributed by atoms with Gasteiger partial charge in [0.2, 0.25) is 11.6 Å². The van der Waals surface area contributed by atoms with Crippen LogP contribution in [0, 0.1) is 5.92 Å². The van der Waals surface area contributed by atoms with Crippen molar-refractivity contribution in [2.75, 3.05) is 49.5 Å². The lowest BCUT2D eigenvalue weighted by molar-refractivity contribution is -0.149. The van der Waals surface area contributed by atoms with E-state index in [1.54, 1.807) is 6.07 Å². The third kappa shape index (κ3) is 7.23. The monoisotopic (exact) mass is 572 g/mol. The molecule has 4 atom stereocenters. The minimum Gasteiger partial charge on any atom is -0.372 e. The van der Waals surface area contributed by atoms with Gasteiger partial charge in [-0.15, -0.1) is 0 Å². The molecule has 3 aliphatic rings. The highest BCUT2D eigenvalue weighted by Crippen LogP contribution is 2.33. The summed E-state index contributed by atoms with van der Waals surface area (Å²) in [6.07, 6.45) is 0.613. The number of rotatable bonds is 9. The van der Waals surface area contributed by atoms with Crippen molar-refractivity contribution in [1.29, 1.82) is 0 Å². The minimum atomic E-state index is -4.49. The number of alkyl halides is 3. The third-order valence-corrected chi connectivity index (χ3v) is 8.44. The van der Waals surface area contributed by atoms with Gasteiger partial charge in [0.25, 0.3) is 0 Å². The quantitative estimate of drug-likeness (QED) is 0.435. The molecule has 39 heavy (non-hydrogen) atoms. The lowest BCUT2D eigenvalue weighted by atomic mass is 9.83. The lowest BCUT2D eigenvalue weighted by Gasteiger charge is -2.49. The number of carbonyl (C=O) groups excluding carboxylic acids is 2. The van der Waals surface area contributed by atoms with Crippen molar-refractivity contribution >= 4 is 34.7 Å². The number of piperidine rings is 1. The van der Waals surface area contributed by atoms with Crippen LogP contribution in [0.25, 0.3) is 0 Å². The molecule has 2 unspecified atom stereocenters. The van der Waals surface area contributed by atoms with Gasteiger partial charge in [-0.2, -0.15) is 13.2 Å². The van der Waals surface area contributed by atoms with Crippen LogP contribution in [-0.4, -0.2) is 102 Å². The fourth-order valence-electron chi connectivity index (χ4n) is 5.87. The Hall–Kier alpha value is -1.95. The van der Waals surface area contributed by atoms with E-state index >= 15 is 0 Å². The first-order valence-electron chi connectivity index (χ1n) is 13.9. The van der Waals surface area contributed by atoms with Crippen molar-refractivity contribution in [2.24, 2.45) is 5.92 Å². The molecule has 0 spiro atoms. The number of Topliss-reactive ketones (excluding diaryl/α,β-unsaturated/α-hetero) is 2. The standard InChI is InChI=1S/C27H40ClF3N6O2/c1-16(2)5-8-35-9-6-20(7-10-35)36-13-18(4)37(14-17(36)3)26-21(28)11-19(12-32-26)34-23-22(24(38)25(23)39)33-15-27(29,30)31/h11-12,16-18,20,22-23,33-34H,5-10,13-15H2,1-4H3/t17-,18+,22?,23?/m1/s1. The summed E-state index contributed by atoms with van der Waals surface area (Å²) in [5.41, 5.74) is 0.372. The molecule has 2 N–H and O–H groups in total. The van der Waals surface area contributed by atoms with E-state index in [1.165, 1.54) is 32.0 Å². The van der Waals surface area contributed by atoms with Crippen LogP contribution < -0.4 is 15.5 Å². The summed E-state index contributed by atoms with van der Waals surface area (Å²) in [7, 11) is 0. The van der Waals surface area contributed by atoms with Gasteiger partial charge < -0.3 is 15.1 Å². The van der Waals surface area contributed by atoms with Crippen molar-refractivity contribution in [3.8, 4) is 0 Å². The molecule has 12 heteroatoms. The van der Waals surface area contributed by atoms with Gasteiger partial charge in [-0.25, -0.2) is 4.98 Å².